The summed E-state index contributed by atoms with van der Waals surface area (Å²) in [6.45, 7) is 1.43. The smallest absolute Gasteiger partial charge is 0.129 e. The summed E-state index contributed by atoms with van der Waals surface area (Å²) in [5.74, 6) is 1.57. The van der Waals surface area contributed by atoms with Gasteiger partial charge < -0.3 is 19.6 Å². The van der Waals surface area contributed by atoms with Crippen LogP contribution in [0.25, 0.3) is 0 Å². The molecular weight excluding hydrogens is 262 g/mol. The van der Waals surface area contributed by atoms with Gasteiger partial charge in [0.25, 0.3) is 0 Å². The van der Waals surface area contributed by atoms with Crippen LogP contribution in [-0.2, 0) is 11.3 Å². The molecule has 19 heavy (non-hydrogen) atoms. The third-order valence-corrected chi connectivity index (χ3v) is 2.70. The highest BCUT2D eigenvalue weighted by molar-refractivity contribution is 7.80. The van der Waals surface area contributed by atoms with E-state index in [0.29, 0.717) is 24.8 Å². The van der Waals surface area contributed by atoms with Crippen LogP contribution in [0.3, 0.4) is 0 Å². The molecule has 0 saturated heterocycles. The third kappa shape index (κ3) is 4.39. The van der Waals surface area contributed by atoms with Crippen molar-refractivity contribution in [2.45, 2.75) is 6.61 Å². The fourth-order valence-electron chi connectivity index (χ4n) is 1.50. The molecule has 2 N–H and O–H groups in total. The lowest BCUT2D eigenvalue weighted by atomic mass is 10.2. The van der Waals surface area contributed by atoms with Crippen LogP contribution in [0.15, 0.2) is 47.1 Å². The monoisotopic (exact) mass is 277 g/mol. The average molecular weight is 277 g/mol. The minimum Gasteiger partial charge on any atom is -0.491 e. The normalized spacial score (nSPS) is 10.3. The van der Waals surface area contributed by atoms with Crippen molar-refractivity contribution in [3.63, 3.8) is 0 Å². The van der Waals surface area contributed by atoms with Crippen molar-refractivity contribution < 1.29 is 13.9 Å². The highest BCUT2D eigenvalue weighted by Gasteiger charge is 1.98. The largest absolute Gasteiger partial charge is 0.491 e. The molecule has 1 aromatic heterocycles. The van der Waals surface area contributed by atoms with Gasteiger partial charge in [0.15, 0.2) is 0 Å². The molecular formula is C14H15NO3S. The highest BCUT2D eigenvalue weighted by Crippen LogP contribution is 2.12. The molecule has 0 amide bonds. The number of benzene rings is 1. The van der Waals surface area contributed by atoms with E-state index in [1.54, 1.807) is 6.26 Å². The number of rotatable bonds is 7. The number of nitrogens with two attached hydrogens (primary N) is 1. The Kier molecular flexibility index (Phi) is 4.94. The summed E-state index contributed by atoms with van der Waals surface area (Å²) >= 11 is 4.87. The minimum atomic E-state index is 0.383. The van der Waals surface area contributed by atoms with Gasteiger partial charge in [-0.15, -0.1) is 0 Å². The number of furan rings is 1. The van der Waals surface area contributed by atoms with E-state index >= 15 is 0 Å². The van der Waals surface area contributed by atoms with Gasteiger partial charge in [-0.3, -0.25) is 0 Å². The summed E-state index contributed by atoms with van der Waals surface area (Å²) in [5, 5.41) is 0. The predicted octanol–water partition coefficient (Wildman–Crippen LogP) is 2.51. The summed E-state index contributed by atoms with van der Waals surface area (Å²) < 4.78 is 16.1. The van der Waals surface area contributed by atoms with E-state index in [-0.39, 0.29) is 0 Å². The van der Waals surface area contributed by atoms with E-state index in [2.05, 4.69) is 0 Å². The Balaban J connectivity index is 1.66. The van der Waals surface area contributed by atoms with Crippen LogP contribution in [-0.4, -0.2) is 18.2 Å². The van der Waals surface area contributed by atoms with Gasteiger partial charge >= 0.3 is 0 Å². The van der Waals surface area contributed by atoms with E-state index in [1.165, 1.54) is 0 Å². The molecule has 5 heteroatoms. The van der Waals surface area contributed by atoms with E-state index < -0.39 is 0 Å². The molecule has 2 aromatic rings. The van der Waals surface area contributed by atoms with Crippen LogP contribution in [0.4, 0.5) is 0 Å². The fraction of sp³-hybridized carbons (Fsp3) is 0.214. The minimum absolute atomic E-state index is 0.383. The summed E-state index contributed by atoms with van der Waals surface area (Å²) in [7, 11) is 0. The molecule has 2 rings (SSSR count). The SMILES string of the molecule is NC(=S)c1ccc(OCCOCc2ccco2)cc1. The van der Waals surface area contributed by atoms with Crippen molar-refractivity contribution in [3.8, 4) is 5.75 Å². The van der Waals surface area contributed by atoms with Gasteiger partial charge in [0.2, 0.25) is 0 Å². The average Bonchev–Trinajstić information content (AvgIpc) is 2.92. The number of hydrogen-bond acceptors (Lipinski definition) is 4. The van der Waals surface area contributed by atoms with Crippen molar-refractivity contribution in [1.29, 1.82) is 0 Å². The topological polar surface area (TPSA) is 57.6 Å². The Labute approximate surface area is 117 Å². The summed E-state index contributed by atoms with van der Waals surface area (Å²) in [6, 6.07) is 11.0. The number of hydrogen-bond donors (Lipinski definition) is 1. The second-order valence-corrected chi connectivity index (χ2v) is 4.31. The van der Waals surface area contributed by atoms with Crippen LogP contribution in [0, 0.1) is 0 Å². The van der Waals surface area contributed by atoms with Crippen LogP contribution in [0.1, 0.15) is 11.3 Å². The van der Waals surface area contributed by atoms with Gasteiger partial charge in [-0.2, -0.15) is 0 Å². The Morgan fingerprint density at radius 3 is 2.58 bits per heavy atom. The molecule has 1 aromatic carbocycles. The zero-order chi connectivity index (χ0) is 13.5. The van der Waals surface area contributed by atoms with E-state index in [9.17, 15) is 0 Å². The standard InChI is InChI=1S/C14H15NO3S/c15-14(19)11-3-5-12(6-4-11)18-9-8-16-10-13-2-1-7-17-13/h1-7H,8-10H2,(H2,15,19). The van der Waals surface area contributed by atoms with Gasteiger partial charge in [-0.1, -0.05) is 12.2 Å². The van der Waals surface area contributed by atoms with Crippen LogP contribution < -0.4 is 10.5 Å². The molecule has 0 saturated carbocycles. The zero-order valence-corrected chi connectivity index (χ0v) is 11.2. The molecule has 0 aliphatic rings. The molecule has 0 unspecified atom stereocenters. The van der Waals surface area contributed by atoms with Crippen LogP contribution >= 0.6 is 12.2 Å². The van der Waals surface area contributed by atoms with E-state index in [1.807, 2.05) is 36.4 Å². The first-order valence-electron chi connectivity index (χ1n) is 5.88. The van der Waals surface area contributed by atoms with Gasteiger partial charge in [-0.25, -0.2) is 0 Å². The molecule has 0 bridgehead atoms. The molecule has 0 atom stereocenters. The van der Waals surface area contributed by atoms with Crippen molar-refractivity contribution in [3.05, 3.63) is 54.0 Å². The molecule has 0 spiro atoms. The fourth-order valence-corrected chi connectivity index (χ4v) is 1.64. The maximum atomic E-state index is 5.52. The lowest BCUT2D eigenvalue weighted by Gasteiger charge is -2.07. The van der Waals surface area contributed by atoms with Gasteiger partial charge in [0, 0.05) is 5.56 Å². The molecule has 0 aliphatic heterocycles. The lowest BCUT2D eigenvalue weighted by molar-refractivity contribution is 0.0781. The molecule has 0 radical (unpaired) electrons. The zero-order valence-electron chi connectivity index (χ0n) is 10.4. The molecule has 4 nitrogen and oxygen atoms in total. The third-order valence-electron chi connectivity index (χ3n) is 2.46. The van der Waals surface area contributed by atoms with Gasteiger partial charge in [0.1, 0.15) is 29.7 Å². The van der Waals surface area contributed by atoms with E-state index in [4.69, 9.17) is 31.8 Å². The van der Waals surface area contributed by atoms with E-state index in [0.717, 1.165) is 17.1 Å². The van der Waals surface area contributed by atoms with Crippen molar-refractivity contribution in [2.75, 3.05) is 13.2 Å². The van der Waals surface area contributed by atoms with Gasteiger partial charge in [0.05, 0.1) is 12.9 Å². The van der Waals surface area contributed by atoms with Crippen molar-refractivity contribution in [2.24, 2.45) is 5.73 Å². The van der Waals surface area contributed by atoms with Crippen molar-refractivity contribution in [1.82, 2.24) is 0 Å². The maximum absolute atomic E-state index is 5.52. The first-order valence-corrected chi connectivity index (χ1v) is 6.29. The Bertz CT molecular complexity index is 508. The molecule has 0 aliphatic carbocycles. The predicted molar refractivity (Wildman–Crippen MR) is 76.2 cm³/mol. The first kappa shape index (κ1) is 13.6. The van der Waals surface area contributed by atoms with Crippen molar-refractivity contribution >= 4 is 17.2 Å². The Hall–Kier alpha value is -1.85. The number of ether oxygens (including phenoxy) is 2. The Morgan fingerprint density at radius 2 is 1.95 bits per heavy atom. The van der Waals surface area contributed by atoms with Gasteiger partial charge in [-0.05, 0) is 36.4 Å². The van der Waals surface area contributed by atoms with Crippen LogP contribution in [0.5, 0.6) is 5.75 Å². The highest BCUT2D eigenvalue weighted by atomic mass is 32.1. The molecule has 0 fully saturated rings. The summed E-state index contributed by atoms with van der Waals surface area (Å²) in [5.41, 5.74) is 6.34. The molecule has 1 heterocycles. The Morgan fingerprint density at radius 1 is 1.16 bits per heavy atom. The number of thiocarbonyl (C=S) groups is 1. The van der Waals surface area contributed by atoms with Crippen LogP contribution in [0.2, 0.25) is 0 Å². The second kappa shape index (κ2) is 6.92. The lowest BCUT2D eigenvalue weighted by Crippen LogP contribution is -2.09. The first-order chi connectivity index (χ1) is 9.25. The summed E-state index contributed by atoms with van der Waals surface area (Å²) in [6.07, 6.45) is 1.62. The maximum Gasteiger partial charge on any atom is 0.129 e. The molecule has 100 valence electrons. The second-order valence-electron chi connectivity index (χ2n) is 3.87. The quantitative estimate of drug-likeness (QED) is 0.622. The summed E-state index contributed by atoms with van der Waals surface area (Å²) in [4.78, 5) is 0.383.